The number of likely N-dealkylation sites (tertiary alicyclic amines) is 1. The molecule has 3 rings (SSSR count). The Morgan fingerprint density at radius 1 is 1.20 bits per heavy atom. The molecular weight excluding hydrogens is 330 g/mol. The van der Waals surface area contributed by atoms with Crippen LogP contribution < -0.4 is 5.32 Å². The first kappa shape index (κ1) is 17.1. The van der Waals surface area contributed by atoms with Gasteiger partial charge in [0.05, 0.1) is 11.8 Å². The van der Waals surface area contributed by atoms with Crippen LogP contribution in [0.3, 0.4) is 0 Å². The second-order valence-electron chi connectivity index (χ2n) is 6.27. The van der Waals surface area contributed by atoms with E-state index in [1.807, 2.05) is 12.2 Å². The molecule has 3 aliphatic rings. The van der Waals surface area contributed by atoms with E-state index in [1.165, 1.54) is 6.92 Å². The van der Waals surface area contributed by atoms with Crippen LogP contribution in [0, 0.1) is 11.8 Å². The molecule has 0 bridgehead atoms. The van der Waals surface area contributed by atoms with Gasteiger partial charge in [-0.25, -0.2) is 4.79 Å². The van der Waals surface area contributed by atoms with Crippen LogP contribution in [-0.2, 0) is 23.9 Å². The maximum atomic E-state index is 12.3. The van der Waals surface area contributed by atoms with E-state index in [0.717, 1.165) is 9.80 Å². The molecule has 0 aromatic carbocycles. The van der Waals surface area contributed by atoms with E-state index in [1.54, 1.807) is 0 Å². The Balaban J connectivity index is 1.57. The van der Waals surface area contributed by atoms with Gasteiger partial charge in [0.1, 0.15) is 6.54 Å². The molecule has 25 heavy (non-hydrogen) atoms. The maximum absolute atomic E-state index is 12.3. The predicted molar refractivity (Wildman–Crippen MR) is 82.7 cm³/mol. The minimum atomic E-state index is -1.17. The van der Waals surface area contributed by atoms with Gasteiger partial charge in [0.2, 0.25) is 11.8 Å². The molecule has 2 fully saturated rings. The Labute approximate surface area is 143 Å². The summed E-state index contributed by atoms with van der Waals surface area (Å²) >= 11 is 0. The van der Waals surface area contributed by atoms with Gasteiger partial charge in [-0.05, 0) is 19.8 Å². The van der Waals surface area contributed by atoms with Gasteiger partial charge in [-0.2, -0.15) is 0 Å². The van der Waals surface area contributed by atoms with Crippen molar-refractivity contribution in [2.45, 2.75) is 25.9 Å². The molecule has 0 spiro atoms. The van der Waals surface area contributed by atoms with E-state index >= 15 is 0 Å². The Hall–Kier alpha value is -2.71. The lowest BCUT2D eigenvalue weighted by Gasteiger charge is -2.19. The van der Waals surface area contributed by atoms with Crippen molar-refractivity contribution >= 4 is 29.7 Å². The highest BCUT2D eigenvalue weighted by Gasteiger charge is 2.48. The van der Waals surface area contributed by atoms with Gasteiger partial charge in [0, 0.05) is 13.1 Å². The Morgan fingerprint density at radius 3 is 2.32 bits per heavy atom. The van der Waals surface area contributed by atoms with Crippen molar-refractivity contribution in [1.29, 1.82) is 0 Å². The molecule has 0 unspecified atom stereocenters. The number of allylic oxidation sites excluding steroid dienone is 2. The minimum Gasteiger partial charge on any atom is -0.451 e. The van der Waals surface area contributed by atoms with Gasteiger partial charge in [-0.1, -0.05) is 12.2 Å². The summed E-state index contributed by atoms with van der Waals surface area (Å²) in [6.45, 7) is 1.38. The Bertz CT molecular complexity index is 647. The highest BCUT2D eigenvalue weighted by molar-refractivity contribution is 6.07. The molecule has 3 atom stereocenters. The highest BCUT2D eigenvalue weighted by atomic mass is 16.5. The SMILES string of the molecule is C[C@@H](OC(=O)CN1C(=O)[C@H]2CC=CC[C@@H]2C1=O)C(=O)N1CCNC1=O. The third-order valence-corrected chi connectivity index (χ3v) is 4.66. The Morgan fingerprint density at radius 2 is 1.80 bits per heavy atom. The lowest BCUT2D eigenvalue weighted by Crippen LogP contribution is -2.43. The minimum absolute atomic E-state index is 0.207. The van der Waals surface area contributed by atoms with Crippen molar-refractivity contribution in [3.63, 3.8) is 0 Å². The number of esters is 1. The fourth-order valence-corrected chi connectivity index (χ4v) is 3.34. The molecule has 2 heterocycles. The van der Waals surface area contributed by atoms with Crippen molar-refractivity contribution in [2.75, 3.05) is 19.6 Å². The van der Waals surface area contributed by atoms with Crippen molar-refractivity contribution in [3.8, 4) is 0 Å². The summed E-state index contributed by atoms with van der Waals surface area (Å²) in [6.07, 6.45) is 3.51. The fourth-order valence-electron chi connectivity index (χ4n) is 3.34. The first-order chi connectivity index (χ1) is 11.9. The van der Waals surface area contributed by atoms with Crippen LogP contribution in [-0.4, -0.2) is 65.3 Å². The maximum Gasteiger partial charge on any atom is 0.326 e. The summed E-state index contributed by atoms with van der Waals surface area (Å²) < 4.78 is 5.01. The van der Waals surface area contributed by atoms with E-state index < -0.39 is 42.4 Å². The number of hydrogen-bond donors (Lipinski definition) is 1. The largest absolute Gasteiger partial charge is 0.451 e. The molecule has 0 radical (unpaired) electrons. The number of carbonyl (C=O) groups is 5. The third-order valence-electron chi connectivity index (χ3n) is 4.66. The van der Waals surface area contributed by atoms with Crippen molar-refractivity contribution in [1.82, 2.24) is 15.1 Å². The third kappa shape index (κ3) is 3.13. The topological polar surface area (TPSA) is 113 Å². The number of amides is 5. The molecule has 1 N–H and O–H groups in total. The lowest BCUT2D eigenvalue weighted by molar-refractivity contribution is -0.161. The summed E-state index contributed by atoms with van der Waals surface area (Å²) in [5, 5.41) is 2.48. The van der Waals surface area contributed by atoms with Crippen LogP contribution in [0.1, 0.15) is 19.8 Å². The van der Waals surface area contributed by atoms with Gasteiger partial charge in [0.15, 0.2) is 6.10 Å². The van der Waals surface area contributed by atoms with Crippen LogP contribution >= 0.6 is 0 Å². The fraction of sp³-hybridized carbons (Fsp3) is 0.562. The molecule has 5 amide bonds. The zero-order valence-electron chi connectivity index (χ0n) is 13.8. The molecule has 1 aliphatic carbocycles. The van der Waals surface area contributed by atoms with Gasteiger partial charge in [-0.3, -0.25) is 29.0 Å². The van der Waals surface area contributed by atoms with E-state index in [-0.39, 0.29) is 18.4 Å². The lowest BCUT2D eigenvalue weighted by atomic mass is 9.85. The quantitative estimate of drug-likeness (QED) is 0.413. The normalized spacial score (nSPS) is 26.5. The summed E-state index contributed by atoms with van der Waals surface area (Å²) in [6, 6.07) is -0.533. The Kier molecular flexibility index (Phi) is 4.56. The van der Waals surface area contributed by atoms with E-state index in [0.29, 0.717) is 19.4 Å². The summed E-state index contributed by atoms with van der Waals surface area (Å²) in [4.78, 5) is 62.1. The standard InChI is InChI=1S/C16H19N3O6/c1-9(13(21)18-7-6-17-16(18)24)25-12(20)8-19-14(22)10-4-2-3-5-11(10)15(19)23/h2-3,9-11H,4-8H2,1H3,(H,17,24)/t9-,10+,11+/m1/s1. The zero-order valence-corrected chi connectivity index (χ0v) is 13.8. The molecular formula is C16H19N3O6. The number of hydrogen-bond acceptors (Lipinski definition) is 6. The second kappa shape index (κ2) is 6.66. The second-order valence-corrected chi connectivity index (χ2v) is 6.27. The van der Waals surface area contributed by atoms with Crippen LogP contribution in [0.15, 0.2) is 12.2 Å². The first-order valence-electron chi connectivity index (χ1n) is 8.19. The van der Waals surface area contributed by atoms with Gasteiger partial charge in [0.25, 0.3) is 5.91 Å². The molecule has 134 valence electrons. The van der Waals surface area contributed by atoms with Crippen LogP contribution in [0.25, 0.3) is 0 Å². The zero-order chi connectivity index (χ0) is 18.1. The average molecular weight is 349 g/mol. The number of nitrogens with zero attached hydrogens (tertiary/aromatic N) is 2. The highest BCUT2D eigenvalue weighted by Crippen LogP contribution is 2.34. The van der Waals surface area contributed by atoms with E-state index in [9.17, 15) is 24.0 Å². The van der Waals surface area contributed by atoms with Crippen LogP contribution in [0.5, 0.6) is 0 Å². The van der Waals surface area contributed by atoms with Gasteiger partial charge < -0.3 is 10.1 Å². The van der Waals surface area contributed by atoms with Gasteiger partial charge >= 0.3 is 12.0 Å². The molecule has 2 saturated heterocycles. The average Bonchev–Trinajstić information content (AvgIpc) is 3.12. The van der Waals surface area contributed by atoms with Gasteiger partial charge in [-0.15, -0.1) is 0 Å². The van der Waals surface area contributed by atoms with Crippen molar-refractivity contribution in [2.24, 2.45) is 11.8 Å². The van der Waals surface area contributed by atoms with E-state index in [2.05, 4.69) is 5.32 Å². The molecule has 9 nitrogen and oxygen atoms in total. The van der Waals surface area contributed by atoms with Crippen LogP contribution in [0.4, 0.5) is 4.79 Å². The number of fused-ring (bicyclic) bond motifs is 1. The van der Waals surface area contributed by atoms with Crippen LogP contribution in [0.2, 0.25) is 0 Å². The van der Waals surface area contributed by atoms with Crippen molar-refractivity contribution in [3.05, 3.63) is 12.2 Å². The number of urea groups is 1. The number of rotatable bonds is 4. The predicted octanol–water partition coefficient (Wildman–Crippen LogP) is -0.579. The number of ether oxygens (including phenoxy) is 1. The molecule has 0 saturated carbocycles. The monoisotopic (exact) mass is 349 g/mol. The summed E-state index contributed by atoms with van der Waals surface area (Å²) in [5.74, 6) is -3.09. The smallest absolute Gasteiger partial charge is 0.326 e. The molecule has 0 aromatic heterocycles. The number of nitrogens with one attached hydrogen (secondary N) is 1. The first-order valence-corrected chi connectivity index (χ1v) is 8.19. The van der Waals surface area contributed by atoms with E-state index in [4.69, 9.17) is 4.74 Å². The number of imide groups is 2. The molecule has 0 aromatic rings. The number of carbonyl (C=O) groups excluding carboxylic acids is 5. The van der Waals surface area contributed by atoms with Crippen molar-refractivity contribution < 1.29 is 28.7 Å². The summed E-state index contributed by atoms with van der Waals surface area (Å²) in [5.41, 5.74) is 0. The molecule has 2 aliphatic heterocycles. The molecule has 9 heteroatoms. The summed E-state index contributed by atoms with van der Waals surface area (Å²) in [7, 11) is 0.